The number of hydrogen-bond acceptors (Lipinski definition) is 5. The Balaban J connectivity index is 0.00000169. The van der Waals surface area contributed by atoms with Gasteiger partial charge in [-0.25, -0.2) is 0 Å². The number of carbonyl (C=O) groups excluding carboxylic acids is 1. The number of ketones is 1. The van der Waals surface area contributed by atoms with Crippen LogP contribution < -0.4 is 9.47 Å². The monoisotopic (exact) mass is 353 g/mol. The van der Waals surface area contributed by atoms with Gasteiger partial charge in [0.1, 0.15) is 0 Å². The molecule has 1 aliphatic carbocycles. The number of carbonyl (C=O) groups is 1. The van der Waals surface area contributed by atoms with E-state index in [9.17, 15) is 4.79 Å². The lowest BCUT2D eigenvalue weighted by Gasteiger charge is -2.32. The van der Waals surface area contributed by atoms with Crippen LogP contribution in [0.5, 0.6) is 11.5 Å². The molecule has 3 aliphatic rings. The summed E-state index contributed by atoms with van der Waals surface area (Å²) in [6, 6.07) is 3.92. The number of nitrogens with zero attached hydrogens (tertiary/aromatic N) is 1. The number of benzene rings is 1. The summed E-state index contributed by atoms with van der Waals surface area (Å²) < 4.78 is 16.9. The second-order valence-corrected chi connectivity index (χ2v) is 6.52. The highest BCUT2D eigenvalue weighted by Crippen LogP contribution is 2.37. The predicted molar refractivity (Wildman–Crippen MR) is 92.7 cm³/mol. The normalized spacial score (nSPS) is 23.8. The van der Waals surface area contributed by atoms with Crippen molar-refractivity contribution in [2.75, 3.05) is 46.1 Å². The molecule has 24 heavy (non-hydrogen) atoms. The van der Waals surface area contributed by atoms with Gasteiger partial charge in [0.05, 0.1) is 26.4 Å². The van der Waals surface area contributed by atoms with E-state index in [-0.39, 0.29) is 24.1 Å². The molecule has 1 aromatic carbocycles. The average Bonchev–Trinajstić information content (AvgIpc) is 2.82. The fraction of sp³-hybridized carbons (Fsp3) is 0.611. The van der Waals surface area contributed by atoms with Crippen LogP contribution in [-0.4, -0.2) is 56.7 Å². The molecule has 1 aromatic rings. The van der Waals surface area contributed by atoms with Crippen molar-refractivity contribution in [1.29, 1.82) is 0 Å². The second-order valence-electron chi connectivity index (χ2n) is 6.52. The maximum atomic E-state index is 12.9. The molecule has 1 saturated heterocycles. The Labute approximate surface area is 148 Å². The summed E-state index contributed by atoms with van der Waals surface area (Å²) in [5.74, 6) is 1.86. The van der Waals surface area contributed by atoms with E-state index < -0.39 is 0 Å². The Kier molecular flexibility index (Phi) is 5.64. The molecule has 1 atom stereocenters. The molecule has 6 heteroatoms. The molecule has 0 saturated carbocycles. The quantitative estimate of drug-likeness (QED) is 0.816. The number of halogens is 1. The van der Waals surface area contributed by atoms with E-state index >= 15 is 0 Å². The van der Waals surface area contributed by atoms with Crippen LogP contribution in [-0.2, 0) is 11.2 Å². The fourth-order valence-corrected chi connectivity index (χ4v) is 3.64. The molecule has 5 nitrogen and oxygen atoms in total. The highest BCUT2D eigenvalue weighted by molar-refractivity contribution is 6.01. The molecule has 0 aromatic heterocycles. The van der Waals surface area contributed by atoms with E-state index in [1.165, 1.54) is 0 Å². The molecule has 0 radical (unpaired) electrons. The van der Waals surface area contributed by atoms with Crippen molar-refractivity contribution in [2.24, 2.45) is 5.92 Å². The van der Waals surface area contributed by atoms with Gasteiger partial charge in [-0.15, -0.1) is 12.4 Å². The summed E-state index contributed by atoms with van der Waals surface area (Å²) in [6.07, 6.45) is 2.74. The van der Waals surface area contributed by atoms with Gasteiger partial charge in [-0.2, -0.15) is 0 Å². The van der Waals surface area contributed by atoms with Crippen molar-refractivity contribution in [2.45, 2.75) is 19.3 Å². The van der Waals surface area contributed by atoms with Gasteiger partial charge < -0.3 is 14.2 Å². The van der Waals surface area contributed by atoms with Crippen LogP contribution in [0.3, 0.4) is 0 Å². The third kappa shape index (κ3) is 3.53. The molecular formula is C18H24ClNO4. The van der Waals surface area contributed by atoms with E-state index in [0.717, 1.165) is 74.7 Å². The summed E-state index contributed by atoms with van der Waals surface area (Å²) >= 11 is 0. The standard InChI is InChI=1S/C18H23NO4.ClH/c20-18-14(12-19-4-8-21-9-5-19)3-2-13-10-16-17(11-15(13)18)23-7-1-6-22-16;/h10-11,14H,1-9,12H2;1H. The maximum Gasteiger partial charge on any atom is 0.167 e. The van der Waals surface area contributed by atoms with Crippen molar-refractivity contribution in [3.8, 4) is 11.5 Å². The van der Waals surface area contributed by atoms with Gasteiger partial charge in [0.15, 0.2) is 17.3 Å². The minimum atomic E-state index is 0. The Hall–Kier alpha value is -1.30. The maximum absolute atomic E-state index is 12.9. The van der Waals surface area contributed by atoms with E-state index in [1.807, 2.05) is 12.1 Å². The third-order valence-electron chi connectivity index (χ3n) is 4.95. The SMILES string of the molecule is Cl.O=C1c2cc3c(cc2CCC1CN1CCOCC1)OCCCO3. The van der Waals surface area contributed by atoms with Gasteiger partial charge in [-0.05, 0) is 30.5 Å². The molecule has 0 bridgehead atoms. The zero-order valence-electron chi connectivity index (χ0n) is 13.8. The van der Waals surface area contributed by atoms with Crippen molar-refractivity contribution in [1.82, 2.24) is 4.90 Å². The molecular weight excluding hydrogens is 330 g/mol. The van der Waals surface area contributed by atoms with Gasteiger partial charge in [0.2, 0.25) is 0 Å². The van der Waals surface area contributed by atoms with E-state index in [1.54, 1.807) is 0 Å². The largest absolute Gasteiger partial charge is 0.490 e. The Bertz CT molecular complexity index is 601. The molecule has 2 aliphatic heterocycles. The minimum Gasteiger partial charge on any atom is -0.490 e. The summed E-state index contributed by atoms with van der Waals surface area (Å²) in [4.78, 5) is 15.3. The molecule has 132 valence electrons. The van der Waals surface area contributed by atoms with Crippen molar-refractivity contribution >= 4 is 18.2 Å². The van der Waals surface area contributed by atoms with Gasteiger partial charge in [0.25, 0.3) is 0 Å². The lowest BCUT2D eigenvalue weighted by molar-refractivity contribution is 0.0291. The lowest BCUT2D eigenvalue weighted by atomic mass is 9.82. The van der Waals surface area contributed by atoms with Crippen LogP contribution >= 0.6 is 12.4 Å². The molecule has 4 rings (SSSR count). The number of fused-ring (bicyclic) bond motifs is 2. The molecule has 0 spiro atoms. The number of rotatable bonds is 2. The zero-order chi connectivity index (χ0) is 15.6. The molecule has 1 fully saturated rings. The van der Waals surface area contributed by atoms with Gasteiger partial charge >= 0.3 is 0 Å². The van der Waals surface area contributed by atoms with Gasteiger partial charge in [-0.1, -0.05) is 0 Å². The van der Waals surface area contributed by atoms with Crippen molar-refractivity contribution in [3.05, 3.63) is 23.3 Å². The first-order valence-electron chi connectivity index (χ1n) is 8.58. The Morgan fingerprint density at radius 2 is 1.75 bits per heavy atom. The van der Waals surface area contributed by atoms with Gasteiger partial charge in [-0.3, -0.25) is 9.69 Å². The number of ether oxygens (including phenoxy) is 3. The van der Waals surface area contributed by atoms with Crippen LogP contribution in [0.25, 0.3) is 0 Å². The third-order valence-corrected chi connectivity index (χ3v) is 4.95. The highest BCUT2D eigenvalue weighted by atomic mass is 35.5. The molecule has 1 unspecified atom stereocenters. The minimum absolute atomic E-state index is 0. The number of morpholine rings is 1. The predicted octanol–water partition coefficient (Wildman–Crippen LogP) is 2.35. The summed E-state index contributed by atoms with van der Waals surface area (Å²) in [6.45, 7) is 5.58. The highest BCUT2D eigenvalue weighted by Gasteiger charge is 2.31. The fourth-order valence-electron chi connectivity index (χ4n) is 3.64. The van der Waals surface area contributed by atoms with Crippen LogP contribution in [0.15, 0.2) is 12.1 Å². The van der Waals surface area contributed by atoms with E-state index in [2.05, 4.69) is 4.90 Å². The van der Waals surface area contributed by atoms with Crippen LogP contribution in [0, 0.1) is 5.92 Å². The van der Waals surface area contributed by atoms with Crippen LogP contribution in [0.2, 0.25) is 0 Å². The lowest BCUT2D eigenvalue weighted by Crippen LogP contribution is -2.42. The number of aryl methyl sites for hydroxylation is 1. The molecule has 0 N–H and O–H groups in total. The number of hydrogen-bond donors (Lipinski definition) is 0. The van der Waals surface area contributed by atoms with Crippen molar-refractivity contribution < 1.29 is 19.0 Å². The summed E-state index contributed by atoms with van der Waals surface area (Å²) in [5, 5.41) is 0. The summed E-state index contributed by atoms with van der Waals surface area (Å²) in [5.41, 5.74) is 1.94. The smallest absolute Gasteiger partial charge is 0.167 e. The molecule has 2 heterocycles. The average molecular weight is 354 g/mol. The Morgan fingerprint density at radius 1 is 1.04 bits per heavy atom. The van der Waals surface area contributed by atoms with Gasteiger partial charge in [0, 0.05) is 37.5 Å². The van der Waals surface area contributed by atoms with E-state index in [4.69, 9.17) is 14.2 Å². The first-order valence-corrected chi connectivity index (χ1v) is 8.58. The van der Waals surface area contributed by atoms with E-state index in [0.29, 0.717) is 13.2 Å². The summed E-state index contributed by atoms with van der Waals surface area (Å²) in [7, 11) is 0. The van der Waals surface area contributed by atoms with Crippen LogP contribution in [0.1, 0.15) is 28.8 Å². The zero-order valence-corrected chi connectivity index (χ0v) is 14.6. The first-order chi connectivity index (χ1) is 11.3. The van der Waals surface area contributed by atoms with Crippen LogP contribution in [0.4, 0.5) is 0 Å². The topological polar surface area (TPSA) is 48.0 Å². The first kappa shape index (κ1) is 17.5. The molecule has 0 amide bonds. The Morgan fingerprint density at radius 3 is 2.50 bits per heavy atom. The number of Topliss-reactive ketones (excluding diaryl/α,β-unsaturated/α-hetero) is 1. The van der Waals surface area contributed by atoms with Crippen molar-refractivity contribution in [3.63, 3.8) is 0 Å². The second kappa shape index (κ2) is 7.72.